The van der Waals surface area contributed by atoms with E-state index in [4.69, 9.17) is 0 Å². The number of aliphatic hydroxyl groups is 1. The predicted molar refractivity (Wildman–Crippen MR) is 92.3 cm³/mol. The first-order chi connectivity index (χ1) is 11.7. The summed E-state index contributed by atoms with van der Waals surface area (Å²) in [5.41, 5.74) is 2.69. The molecule has 0 saturated carbocycles. The summed E-state index contributed by atoms with van der Waals surface area (Å²) in [5, 5.41) is 21.9. The number of amides is 1. The van der Waals surface area contributed by atoms with Crippen LogP contribution in [-0.4, -0.2) is 41.9 Å². The summed E-state index contributed by atoms with van der Waals surface area (Å²) in [7, 11) is 1.77. The number of nitrogens with zero attached hydrogens (tertiary/aromatic N) is 5. The largest absolute Gasteiger partial charge is 0.383 e. The lowest BCUT2D eigenvalue weighted by atomic mass is 9.99. The summed E-state index contributed by atoms with van der Waals surface area (Å²) in [6.07, 6.45) is 3.31. The molecule has 8 nitrogen and oxygen atoms in total. The number of carbonyl (C=O) groups is 1. The van der Waals surface area contributed by atoms with Gasteiger partial charge in [0.1, 0.15) is 11.2 Å². The van der Waals surface area contributed by atoms with Gasteiger partial charge in [0.25, 0.3) is 5.91 Å². The number of hydrogen-bond donors (Lipinski definition) is 2. The van der Waals surface area contributed by atoms with Crippen molar-refractivity contribution in [3.05, 3.63) is 46.7 Å². The van der Waals surface area contributed by atoms with Crippen LogP contribution in [0.1, 0.15) is 39.9 Å². The Hall–Kier alpha value is -2.74. The number of hydrogen-bond acceptors (Lipinski definition) is 5. The second-order valence-electron chi connectivity index (χ2n) is 6.59. The monoisotopic (exact) mass is 342 g/mol. The zero-order valence-corrected chi connectivity index (χ0v) is 15.0. The maximum Gasteiger partial charge on any atom is 0.257 e. The van der Waals surface area contributed by atoms with E-state index < -0.39 is 5.60 Å². The number of rotatable bonds is 4. The SMILES string of the molecule is Cc1cc(C)n2nc(C)c(C(=O)NCC(C)(O)c3cnn(C)c3)c2n1. The van der Waals surface area contributed by atoms with Crippen LogP contribution in [0.3, 0.4) is 0 Å². The first-order valence-electron chi connectivity index (χ1n) is 8.02. The van der Waals surface area contributed by atoms with Crippen LogP contribution in [0, 0.1) is 20.8 Å². The van der Waals surface area contributed by atoms with Gasteiger partial charge in [0.2, 0.25) is 0 Å². The quantitative estimate of drug-likeness (QED) is 0.738. The van der Waals surface area contributed by atoms with Crippen LogP contribution >= 0.6 is 0 Å². The van der Waals surface area contributed by atoms with E-state index in [0.29, 0.717) is 22.5 Å². The Kier molecular flexibility index (Phi) is 4.08. The summed E-state index contributed by atoms with van der Waals surface area (Å²) < 4.78 is 3.27. The van der Waals surface area contributed by atoms with Crippen molar-refractivity contribution >= 4 is 11.6 Å². The van der Waals surface area contributed by atoms with Crippen LogP contribution in [0.4, 0.5) is 0 Å². The van der Waals surface area contributed by atoms with Crippen LogP contribution in [0.5, 0.6) is 0 Å². The molecule has 0 aliphatic carbocycles. The highest BCUT2D eigenvalue weighted by Gasteiger charge is 2.27. The Morgan fingerprint density at radius 2 is 2.08 bits per heavy atom. The maximum atomic E-state index is 12.7. The van der Waals surface area contributed by atoms with Crippen molar-refractivity contribution in [3.8, 4) is 0 Å². The minimum atomic E-state index is -1.22. The minimum Gasteiger partial charge on any atom is -0.383 e. The molecule has 1 amide bonds. The van der Waals surface area contributed by atoms with Crippen LogP contribution < -0.4 is 5.32 Å². The lowest BCUT2D eigenvalue weighted by Gasteiger charge is -2.22. The van der Waals surface area contributed by atoms with Gasteiger partial charge < -0.3 is 10.4 Å². The van der Waals surface area contributed by atoms with Crippen LogP contribution in [0.25, 0.3) is 5.65 Å². The molecule has 0 fully saturated rings. The van der Waals surface area contributed by atoms with Gasteiger partial charge in [-0.2, -0.15) is 10.2 Å². The van der Waals surface area contributed by atoms with Gasteiger partial charge in [0.15, 0.2) is 5.65 Å². The minimum absolute atomic E-state index is 0.0547. The van der Waals surface area contributed by atoms with Crippen molar-refractivity contribution in [1.29, 1.82) is 0 Å². The molecule has 0 radical (unpaired) electrons. The molecule has 25 heavy (non-hydrogen) atoms. The number of aromatic nitrogens is 5. The molecule has 1 unspecified atom stereocenters. The lowest BCUT2D eigenvalue weighted by molar-refractivity contribution is 0.0526. The van der Waals surface area contributed by atoms with Crippen molar-refractivity contribution in [2.24, 2.45) is 7.05 Å². The van der Waals surface area contributed by atoms with E-state index in [2.05, 4.69) is 20.5 Å². The third-order valence-corrected chi connectivity index (χ3v) is 4.22. The fraction of sp³-hybridized carbons (Fsp3) is 0.412. The Morgan fingerprint density at radius 3 is 2.72 bits per heavy atom. The molecule has 0 aliphatic rings. The van der Waals surface area contributed by atoms with Gasteiger partial charge in [-0.25, -0.2) is 9.50 Å². The van der Waals surface area contributed by atoms with Gasteiger partial charge in [0.05, 0.1) is 18.4 Å². The van der Waals surface area contributed by atoms with E-state index in [1.54, 1.807) is 42.5 Å². The van der Waals surface area contributed by atoms with Crippen LogP contribution in [-0.2, 0) is 12.6 Å². The van der Waals surface area contributed by atoms with Crippen molar-refractivity contribution < 1.29 is 9.90 Å². The van der Waals surface area contributed by atoms with Crippen LogP contribution in [0.2, 0.25) is 0 Å². The molecule has 3 aromatic heterocycles. The van der Waals surface area contributed by atoms with Crippen molar-refractivity contribution in [2.45, 2.75) is 33.3 Å². The molecule has 132 valence electrons. The molecule has 3 heterocycles. The van der Waals surface area contributed by atoms with E-state index in [1.807, 2.05) is 19.9 Å². The van der Waals surface area contributed by atoms with Gasteiger partial charge in [-0.1, -0.05) is 0 Å². The van der Waals surface area contributed by atoms with Gasteiger partial charge >= 0.3 is 0 Å². The average Bonchev–Trinajstić information content (AvgIpc) is 3.09. The smallest absolute Gasteiger partial charge is 0.257 e. The number of nitrogens with one attached hydrogen (secondary N) is 1. The Labute approximate surface area is 145 Å². The summed E-state index contributed by atoms with van der Waals surface area (Å²) in [6, 6.07) is 1.91. The van der Waals surface area contributed by atoms with Crippen molar-refractivity contribution in [1.82, 2.24) is 29.7 Å². The highest BCUT2D eigenvalue weighted by atomic mass is 16.3. The molecular formula is C17H22N6O2. The summed E-state index contributed by atoms with van der Waals surface area (Å²) in [6.45, 7) is 7.27. The molecule has 0 aromatic carbocycles. The Balaban J connectivity index is 1.87. The topological polar surface area (TPSA) is 97.3 Å². The summed E-state index contributed by atoms with van der Waals surface area (Å²) in [4.78, 5) is 17.2. The second kappa shape index (κ2) is 5.96. The molecule has 0 spiro atoms. The molecular weight excluding hydrogens is 320 g/mol. The molecule has 0 aliphatic heterocycles. The maximum absolute atomic E-state index is 12.7. The molecule has 8 heteroatoms. The zero-order chi connectivity index (χ0) is 18.4. The highest BCUT2D eigenvalue weighted by Crippen LogP contribution is 2.20. The Morgan fingerprint density at radius 1 is 1.36 bits per heavy atom. The van der Waals surface area contributed by atoms with Gasteiger partial charge in [0, 0.05) is 30.2 Å². The number of aryl methyl sites for hydroxylation is 4. The Bertz CT molecular complexity index is 954. The zero-order valence-electron chi connectivity index (χ0n) is 15.0. The third-order valence-electron chi connectivity index (χ3n) is 4.22. The first-order valence-corrected chi connectivity index (χ1v) is 8.02. The molecule has 3 rings (SSSR count). The molecule has 0 saturated heterocycles. The highest BCUT2D eigenvalue weighted by molar-refractivity contribution is 6.01. The first kappa shape index (κ1) is 17.1. The van der Waals surface area contributed by atoms with Gasteiger partial charge in [-0.3, -0.25) is 9.48 Å². The summed E-state index contributed by atoms with van der Waals surface area (Å²) in [5.74, 6) is -0.311. The number of carbonyl (C=O) groups excluding carboxylic acids is 1. The average molecular weight is 342 g/mol. The van der Waals surface area contributed by atoms with E-state index in [-0.39, 0.29) is 12.5 Å². The van der Waals surface area contributed by atoms with Gasteiger partial charge in [-0.15, -0.1) is 0 Å². The second-order valence-corrected chi connectivity index (χ2v) is 6.59. The normalized spacial score (nSPS) is 13.8. The van der Waals surface area contributed by atoms with Gasteiger partial charge in [-0.05, 0) is 33.8 Å². The van der Waals surface area contributed by atoms with Crippen molar-refractivity contribution in [2.75, 3.05) is 6.54 Å². The molecule has 0 bridgehead atoms. The predicted octanol–water partition coefficient (Wildman–Crippen LogP) is 1.03. The fourth-order valence-corrected chi connectivity index (χ4v) is 2.84. The summed E-state index contributed by atoms with van der Waals surface area (Å²) >= 11 is 0. The molecule has 3 aromatic rings. The third kappa shape index (κ3) is 3.12. The lowest BCUT2D eigenvalue weighted by Crippen LogP contribution is -2.38. The van der Waals surface area contributed by atoms with E-state index in [9.17, 15) is 9.90 Å². The van der Waals surface area contributed by atoms with E-state index >= 15 is 0 Å². The van der Waals surface area contributed by atoms with Crippen LogP contribution in [0.15, 0.2) is 18.5 Å². The van der Waals surface area contributed by atoms with E-state index in [0.717, 1.165) is 11.4 Å². The van der Waals surface area contributed by atoms with Crippen molar-refractivity contribution in [3.63, 3.8) is 0 Å². The fourth-order valence-electron chi connectivity index (χ4n) is 2.84. The van der Waals surface area contributed by atoms with E-state index in [1.165, 1.54) is 0 Å². The standard InChI is InChI=1S/C17H22N6O2/c1-10-6-11(2)23-15(20-10)14(12(3)21-23)16(24)18-9-17(4,25)13-7-19-22(5)8-13/h6-8,25H,9H2,1-5H3,(H,18,24). The molecule has 1 atom stereocenters. The molecule has 2 N–H and O–H groups in total. The number of fused-ring (bicyclic) bond motifs is 1.